The van der Waals surface area contributed by atoms with E-state index in [0.29, 0.717) is 6.42 Å². The molecule has 0 aromatic rings. The maximum atomic E-state index is 11.5. The zero-order chi connectivity index (χ0) is 13.0. The lowest BCUT2D eigenvalue weighted by Gasteiger charge is -2.30. The average Bonchev–Trinajstić information content (AvgIpc) is 2.11. The number of rotatable bonds is 4. The molecular weight excluding hydrogens is 206 g/mol. The Hall–Kier alpha value is -1.06. The highest BCUT2D eigenvalue weighted by molar-refractivity contribution is 5.70. The van der Waals surface area contributed by atoms with Gasteiger partial charge >= 0.3 is 6.09 Å². The van der Waals surface area contributed by atoms with Gasteiger partial charge in [-0.2, -0.15) is 0 Å². The molecule has 1 amide bonds. The van der Waals surface area contributed by atoms with Crippen LogP contribution in [-0.4, -0.2) is 24.0 Å². The van der Waals surface area contributed by atoms with Gasteiger partial charge in [0, 0.05) is 11.5 Å². The zero-order valence-corrected chi connectivity index (χ0v) is 11.1. The Morgan fingerprint density at radius 1 is 1.31 bits per heavy atom. The third kappa shape index (κ3) is 5.14. The van der Waals surface area contributed by atoms with Crippen LogP contribution in [0.4, 0.5) is 4.79 Å². The Morgan fingerprint density at radius 3 is 2.12 bits per heavy atom. The first kappa shape index (κ1) is 14.9. The lowest BCUT2D eigenvalue weighted by Crippen LogP contribution is -2.47. The van der Waals surface area contributed by atoms with E-state index in [1.807, 2.05) is 6.92 Å². The summed E-state index contributed by atoms with van der Waals surface area (Å²) in [6, 6.07) is -0.208. The Morgan fingerprint density at radius 2 is 1.81 bits per heavy atom. The SMILES string of the molecule is CCC(NC(=O)OC(C)(C)C)C(C)(C)C=O. The number of amides is 1. The maximum Gasteiger partial charge on any atom is 0.407 e. The molecule has 0 aromatic heterocycles. The molecule has 94 valence electrons. The number of ether oxygens (including phenoxy) is 1. The predicted molar refractivity (Wildman–Crippen MR) is 63.3 cm³/mol. The summed E-state index contributed by atoms with van der Waals surface area (Å²) in [6.45, 7) is 10.9. The van der Waals surface area contributed by atoms with Crippen molar-refractivity contribution in [3.05, 3.63) is 0 Å². The minimum absolute atomic E-state index is 0.208. The Labute approximate surface area is 97.7 Å². The van der Waals surface area contributed by atoms with Crippen LogP contribution in [0.3, 0.4) is 0 Å². The number of alkyl carbamates (subject to hydrolysis) is 1. The second-order valence-electron chi connectivity index (χ2n) is 5.55. The van der Waals surface area contributed by atoms with Crippen molar-refractivity contribution in [1.82, 2.24) is 5.32 Å². The highest BCUT2D eigenvalue weighted by Gasteiger charge is 2.30. The largest absolute Gasteiger partial charge is 0.444 e. The number of nitrogens with one attached hydrogen (secondary N) is 1. The summed E-state index contributed by atoms with van der Waals surface area (Å²) in [5.41, 5.74) is -1.10. The molecule has 4 heteroatoms. The molecule has 0 rings (SSSR count). The molecule has 0 aliphatic carbocycles. The predicted octanol–water partition coefficient (Wildman–Crippen LogP) is 2.51. The molecular formula is C12H23NO3. The topological polar surface area (TPSA) is 55.4 Å². The average molecular weight is 229 g/mol. The van der Waals surface area contributed by atoms with Gasteiger partial charge in [-0.25, -0.2) is 4.79 Å². The molecule has 1 atom stereocenters. The van der Waals surface area contributed by atoms with E-state index >= 15 is 0 Å². The second kappa shape index (κ2) is 5.32. The smallest absolute Gasteiger partial charge is 0.407 e. The summed E-state index contributed by atoms with van der Waals surface area (Å²) < 4.78 is 5.14. The lowest BCUT2D eigenvalue weighted by molar-refractivity contribution is -0.116. The van der Waals surface area contributed by atoms with Gasteiger partial charge in [-0.15, -0.1) is 0 Å². The van der Waals surface area contributed by atoms with Crippen molar-refractivity contribution in [1.29, 1.82) is 0 Å². The van der Waals surface area contributed by atoms with Gasteiger partial charge in [0.05, 0.1) is 0 Å². The third-order valence-corrected chi connectivity index (χ3v) is 2.30. The van der Waals surface area contributed by atoms with E-state index in [4.69, 9.17) is 4.74 Å². The van der Waals surface area contributed by atoms with E-state index in [1.54, 1.807) is 34.6 Å². The molecule has 4 nitrogen and oxygen atoms in total. The first-order chi connectivity index (χ1) is 7.12. The standard InChI is InChI=1S/C12H23NO3/c1-7-9(12(5,6)8-14)13-10(15)16-11(2,3)4/h8-9H,7H2,1-6H3,(H,13,15). The molecule has 0 aromatic carbocycles. The highest BCUT2D eigenvalue weighted by Crippen LogP contribution is 2.20. The molecule has 0 saturated carbocycles. The van der Waals surface area contributed by atoms with E-state index in [2.05, 4.69) is 5.32 Å². The van der Waals surface area contributed by atoms with Crippen LogP contribution in [-0.2, 0) is 9.53 Å². The fourth-order valence-electron chi connectivity index (χ4n) is 1.35. The molecule has 0 radical (unpaired) electrons. The van der Waals surface area contributed by atoms with E-state index in [1.165, 1.54) is 0 Å². The lowest BCUT2D eigenvalue weighted by atomic mass is 9.84. The van der Waals surface area contributed by atoms with Crippen LogP contribution in [0.2, 0.25) is 0 Å². The van der Waals surface area contributed by atoms with Gasteiger partial charge in [0.25, 0.3) is 0 Å². The van der Waals surface area contributed by atoms with Crippen molar-refractivity contribution < 1.29 is 14.3 Å². The summed E-state index contributed by atoms with van der Waals surface area (Å²) in [4.78, 5) is 22.4. The van der Waals surface area contributed by atoms with E-state index in [9.17, 15) is 9.59 Å². The van der Waals surface area contributed by atoms with Crippen molar-refractivity contribution >= 4 is 12.4 Å². The summed E-state index contributed by atoms with van der Waals surface area (Å²) in [5.74, 6) is 0. The van der Waals surface area contributed by atoms with Crippen LogP contribution in [0.1, 0.15) is 48.0 Å². The van der Waals surface area contributed by atoms with Crippen LogP contribution in [0, 0.1) is 5.41 Å². The van der Waals surface area contributed by atoms with Crippen molar-refractivity contribution in [2.75, 3.05) is 0 Å². The maximum absolute atomic E-state index is 11.5. The Bertz CT molecular complexity index is 253. The van der Waals surface area contributed by atoms with Crippen molar-refractivity contribution in [2.45, 2.75) is 59.6 Å². The van der Waals surface area contributed by atoms with E-state index < -0.39 is 17.1 Å². The quantitative estimate of drug-likeness (QED) is 0.754. The minimum atomic E-state index is -0.578. The van der Waals surface area contributed by atoms with Crippen LogP contribution in [0.5, 0.6) is 0 Å². The van der Waals surface area contributed by atoms with Crippen LogP contribution in [0.25, 0.3) is 0 Å². The fourth-order valence-corrected chi connectivity index (χ4v) is 1.35. The molecule has 0 aliphatic heterocycles. The second-order valence-corrected chi connectivity index (χ2v) is 5.55. The van der Waals surface area contributed by atoms with Crippen molar-refractivity contribution in [3.8, 4) is 0 Å². The third-order valence-electron chi connectivity index (χ3n) is 2.30. The van der Waals surface area contributed by atoms with Gasteiger partial charge < -0.3 is 14.8 Å². The van der Waals surface area contributed by atoms with Gasteiger partial charge in [0.2, 0.25) is 0 Å². The van der Waals surface area contributed by atoms with Gasteiger partial charge in [-0.3, -0.25) is 0 Å². The molecule has 0 saturated heterocycles. The van der Waals surface area contributed by atoms with Crippen LogP contribution in [0.15, 0.2) is 0 Å². The summed E-state index contributed by atoms with van der Waals surface area (Å²) in [7, 11) is 0. The molecule has 1 unspecified atom stereocenters. The van der Waals surface area contributed by atoms with E-state index in [0.717, 1.165) is 6.29 Å². The number of hydrogen-bond donors (Lipinski definition) is 1. The van der Waals surface area contributed by atoms with Gasteiger partial charge in [-0.05, 0) is 27.2 Å². The molecule has 16 heavy (non-hydrogen) atoms. The molecule has 0 heterocycles. The molecule has 0 aliphatic rings. The van der Waals surface area contributed by atoms with E-state index in [-0.39, 0.29) is 6.04 Å². The normalized spacial score (nSPS) is 14.1. The highest BCUT2D eigenvalue weighted by atomic mass is 16.6. The Balaban J connectivity index is 4.45. The van der Waals surface area contributed by atoms with Gasteiger partial charge in [0.15, 0.2) is 0 Å². The van der Waals surface area contributed by atoms with Crippen molar-refractivity contribution in [2.24, 2.45) is 5.41 Å². The van der Waals surface area contributed by atoms with Gasteiger partial charge in [-0.1, -0.05) is 20.8 Å². The monoisotopic (exact) mass is 229 g/mol. The number of hydrogen-bond acceptors (Lipinski definition) is 3. The number of carbonyl (C=O) groups is 2. The van der Waals surface area contributed by atoms with Crippen LogP contribution < -0.4 is 5.32 Å². The van der Waals surface area contributed by atoms with Crippen molar-refractivity contribution in [3.63, 3.8) is 0 Å². The zero-order valence-electron chi connectivity index (χ0n) is 11.1. The molecule has 0 fully saturated rings. The Kier molecular flexibility index (Phi) is 4.97. The molecule has 0 bridgehead atoms. The molecule has 1 N–H and O–H groups in total. The first-order valence-electron chi connectivity index (χ1n) is 5.58. The summed E-state index contributed by atoms with van der Waals surface area (Å²) >= 11 is 0. The summed E-state index contributed by atoms with van der Waals surface area (Å²) in [6.07, 6.45) is 1.07. The molecule has 0 spiro atoms. The summed E-state index contributed by atoms with van der Waals surface area (Å²) in [5, 5.41) is 2.72. The van der Waals surface area contributed by atoms with Gasteiger partial charge in [0.1, 0.15) is 11.9 Å². The number of carbonyl (C=O) groups excluding carboxylic acids is 2. The number of aldehydes is 1. The van der Waals surface area contributed by atoms with Crippen LogP contribution >= 0.6 is 0 Å². The minimum Gasteiger partial charge on any atom is -0.444 e. The fraction of sp³-hybridized carbons (Fsp3) is 0.833. The first-order valence-corrected chi connectivity index (χ1v) is 5.58.